The van der Waals surface area contributed by atoms with Gasteiger partial charge in [-0.1, -0.05) is 18.2 Å². The predicted molar refractivity (Wildman–Crippen MR) is 102 cm³/mol. The Morgan fingerprint density at radius 3 is 2.72 bits per heavy atom. The van der Waals surface area contributed by atoms with Gasteiger partial charge in [-0.2, -0.15) is 0 Å². The molecule has 0 radical (unpaired) electrons. The van der Waals surface area contributed by atoms with E-state index in [2.05, 4.69) is 20.9 Å². The standard InChI is InChI=1S/C18H24N4O2S/c1-19-18(22-13-14-6-3-7-15(12-14)24-2)21-10-5-9-20-17(23)16-8-4-11-25-16/h3-4,6-8,11-12H,5,9-10,13H2,1-2H3,(H,20,23)(H2,19,21,22). The molecule has 0 fully saturated rings. The molecule has 0 aliphatic heterocycles. The zero-order valence-electron chi connectivity index (χ0n) is 14.5. The summed E-state index contributed by atoms with van der Waals surface area (Å²) < 4.78 is 5.22. The molecule has 7 heteroatoms. The number of nitrogens with one attached hydrogen (secondary N) is 3. The van der Waals surface area contributed by atoms with Gasteiger partial charge in [0.05, 0.1) is 12.0 Å². The van der Waals surface area contributed by atoms with E-state index in [1.165, 1.54) is 11.3 Å². The maximum Gasteiger partial charge on any atom is 0.261 e. The SMILES string of the molecule is CN=C(NCCCNC(=O)c1cccs1)NCc1cccc(OC)c1. The fourth-order valence-electron chi connectivity index (χ4n) is 2.18. The number of carbonyl (C=O) groups is 1. The van der Waals surface area contributed by atoms with Crippen LogP contribution in [-0.2, 0) is 6.54 Å². The van der Waals surface area contributed by atoms with Crippen LogP contribution in [0.5, 0.6) is 5.75 Å². The normalized spacial score (nSPS) is 11.0. The smallest absolute Gasteiger partial charge is 0.261 e. The molecule has 0 saturated heterocycles. The second kappa shape index (κ2) is 10.4. The lowest BCUT2D eigenvalue weighted by Crippen LogP contribution is -2.38. The summed E-state index contributed by atoms with van der Waals surface area (Å²) in [5.74, 6) is 1.55. The number of hydrogen-bond acceptors (Lipinski definition) is 4. The summed E-state index contributed by atoms with van der Waals surface area (Å²) in [4.78, 5) is 16.7. The van der Waals surface area contributed by atoms with E-state index in [1.54, 1.807) is 14.2 Å². The molecular weight excluding hydrogens is 336 g/mol. The average Bonchev–Trinajstić information content (AvgIpc) is 3.18. The van der Waals surface area contributed by atoms with Gasteiger partial charge in [0.1, 0.15) is 5.75 Å². The van der Waals surface area contributed by atoms with E-state index >= 15 is 0 Å². The van der Waals surface area contributed by atoms with Crippen molar-refractivity contribution in [3.63, 3.8) is 0 Å². The van der Waals surface area contributed by atoms with Crippen LogP contribution in [0.25, 0.3) is 0 Å². The van der Waals surface area contributed by atoms with Crippen LogP contribution in [0.3, 0.4) is 0 Å². The predicted octanol–water partition coefficient (Wildman–Crippen LogP) is 2.24. The molecule has 0 bridgehead atoms. The molecule has 1 aromatic carbocycles. The molecule has 25 heavy (non-hydrogen) atoms. The third-order valence-corrected chi connectivity index (χ3v) is 4.36. The van der Waals surface area contributed by atoms with E-state index in [0.29, 0.717) is 13.1 Å². The Kier molecular flexibility index (Phi) is 7.78. The van der Waals surface area contributed by atoms with Gasteiger partial charge in [-0.15, -0.1) is 11.3 Å². The first-order chi connectivity index (χ1) is 12.2. The van der Waals surface area contributed by atoms with Crippen molar-refractivity contribution in [1.82, 2.24) is 16.0 Å². The number of methoxy groups -OCH3 is 1. The monoisotopic (exact) mass is 360 g/mol. The van der Waals surface area contributed by atoms with Crippen molar-refractivity contribution < 1.29 is 9.53 Å². The van der Waals surface area contributed by atoms with Gasteiger partial charge in [-0.3, -0.25) is 9.79 Å². The van der Waals surface area contributed by atoms with E-state index in [1.807, 2.05) is 41.8 Å². The summed E-state index contributed by atoms with van der Waals surface area (Å²) in [6.07, 6.45) is 0.816. The molecule has 3 N–H and O–H groups in total. The molecule has 1 aromatic heterocycles. The Bertz CT molecular complexity index is 686. The van der Waals surface area contributed by atoms with Crippen molar-refractivity contribution in [2.45, 2.75) is 13.0 Å². The first-order valence-corrected chi connectivity index (χ1v) is 9.00. The molecule has 0 aliphatic carbocycles. The summed E-state index contributed by atoms with van der Waals surface area (Å²) in [5, 5.41) is 11.3. The maximum atomic E-state index is 11.8. The van der Waals surface area contributed by atoms with Gasteiger partial charge in [-0.05, 0) is 35.6 Å². The molecule has 0 aliphatic rings. The molecule has 6 nitrogen and oxygen atoms in total. The number of guanidine groups is 1. The van der Waals surface area contributed by atoms with Crippen LogP contribution in [0.4, 0.5) is 0 Å². The molecule has 0 atom stereocenters. The Hall–Kier alpha value is -2.54. The lowest BCUT2D eigenvalue weighted by atomic mass is 10.2. The van der Waals surface area contributed by atoms with E-state index in [9.17, 15) is 4.79 Å². The number of amides is 1. The number of nitrogens with zero attached hydrogens (tertiary/aromatic N) is 1. The van der Waals surface area contributed by atoms with Gasteiger partial charge < -0.3 is 20.7 Å². The fourth-order valence-corrected chi connectivity index (χ4v) is 2.82. The summed E-state index contributed by atoms with van der Waals surface area (Å²) in [6, 6.07) is 11.6. The quantitative estimate of drug-likeness (QED) is 0.383. The second-order valence-electron chi connectivity index (χ2n) is 5.29. The van der Waals surface area contributed by atoms with Crippen molar-refractivity contribution in [3.05, 3.63) is 52.2 Å². The van der Waals surface area contributed by atoms with Crippen LogP contribution in [0, 0.1) is 0 Å². The number of aliphatic imine (C=N–C) groups is 1. The Morgan fingerprint density at radius 2 is 2.00 bits per heavy atom. The van der Waals surface area contributed by atoms with Crippen LogP contribution >= 0.6 is 11.3 Å². The van der Waals surface area contributed by atoms with E-state index in [0.717, 1.165) is 35.1 Å². The molecule has 0 unspecified atom stereocenters. The highest BCUT2D eigenvalue weighted by Gasteiger charge is 2.05. The number of carbonyl (C=O) groups excluding carboxylic acids is 1. The molecule has 134 valence electrons. The van der Waals surface area contributed by atoms with Crippen LogP contribution in [-0.4, -0.2) is 39.1 Å². The van der Waals surface area contributed by atoms with Gasteiger partial charge in [0.15, 0.2) is 5.96 Å². The summed E-state index contributed by atoms with van der Waals surface area (Å²) in [6.45, 7) is 2.01. The van der Waals surface area contributed by atoms with Gasteiger partial charge in [-0.25, -0.2) is 0 Å². The molecule has 0 saturated carbocycles. The zero-order chi connectivity index (χ0) is 17.9. The number of rotatable bonds is 8. The lowest BCUT2D eigenvalue weighted by Gasteiger charge is -2.12. The van der Waals surface area contributed by atoms with Gasteiger partial charge in [0, 0.05) is 26.7 Å². The topological polar surface area (TPSA) is 74.8 Å². The minimum absolute atomic E-state index is 0.0180. The van der Waals surface area contributed by atoms with Gasteiger partial charge in [0.25, 0.3) is 5.91 Å². The van der Waals surface area contributed by atoms with Gasteiger partial charge in [0.2, 0.25) is 0 Å². The Labute approximate surface area is 152 Å². The number of ether oxygens (including phenoxy) is 1. The molecule has 2 aromatic rings. The molecule has 1 heterocycles. The van der Waals surface area contributed by atoms with Crippen molar-refractivity contribution in [3.8, 4) is 5.75 Å². The minimum Gasteiger partial charge on any atom is -0.497 e. The lowest BCUT2D eigenvalue weighted by molar-refractivity contribution is 0.0957. The highest BCUT2D eigenvalue weighted by atomic mass is 32.1. The zero-order valence-corrected chi connectivity index (χ0v) is 15.4. The van der Waals surface area contributed by atoms with E-state index in [-0.39, 0.29) is 5.91 Å². The molecule has 1 amide bonds. The Morgan fingerprint density at radius 1 is 1.16 bits per heavy atom. The highest BCUT2D eigenvalue weighted by molar-refractivity contribution is 7.12. The van der Waals surface area contributed by atoms with E-state index in [4.69, 9.17) is 4.74 Å². The molecular formula is C18H24N4O2S. The van der Waals surface area contributed by atoms with E-state index < -0.39 is 0 Å². The van der Waals surface area contributed by atoms with Crippen molar-refractivity contribution in [1.29, 1.82) is 0 Å². The third kappa shape index (κ3) is 6.46. The molecule has 0 spiro atoms. The highest BCUT2D eigenvalue weighted by Crippen LogP contribution is 2.12. The van der Waals surface area contributed by atoms with Crippen LogP contribution in [0.1, 0.15) is 21.7 Å². The van der Waals surface area contributed by atoms with Crippen molar-refractivity contribution in [2.75, 3.05) is 27.2 Å². The maximum absolute atomic E-state index is 11.8. The summed E-state index contributed by atoms with van der Waals surface area (Å²) in [5.41, 5.74) is 1.12. The van der Waals surface area contributed by atoms with Gasteiger partial charge >= 0.3 is 0 Å². The van der Waals surface area contributed by atoms with Crippen LogP contribution in [0.2, 0.25) is 0 Å². The van der Waals surface area contributed by atoms with Crippen LogP contribution < -0.4 is 20.7 Å². The fraction of sp³-hybridized carbons (Fsp3) is 0.333. The largest absolute Gasteiger partial charge is 0.497 e. The van der Waals surface area contributed by atoms with Crippen molar-refractivity contribution in [2.24, 2.45) is 4.99 Å². The summed E-state index contributed by atoms with van der Waals surface area (Å²) in [7, 11) is 3.39. The summed E-state index contributed by atoms with van der Waals surface area (Å²) >= 11 is 1.44. The minimum atomic E-state index is -0.0180. The first kappa shape index (κ1) is 18.8. The number of hydrogen-bond donors (Lipinski definition) is 3. The third-order valence-electron chi connectivity index (χ3n) is 3.49. The first-order valence-electron chi connectivity index (χ1n) is 8.12. The molecule has 2 rings (SSSR count). The Balaban J connectivity index is 1.64. The van der Waals surface area contributed by atoms with Crippen molar-refractivity contribution >= 4 is 23.2 Å². The number of benzene rings is 1. The average molecular weight is 360 g/mol. The number of thiophene rings is 1. The van der Waals surface area contributed by atoms with Crippen LogP contribution in [0.15, 0.2) is 46.8 Å². The second-order valence-corrected chi connectivity index (χ2v) is 6.24.